The van der Waals surface area contributed by atoms with Gasteiger partial charge >= 0.3 is 6.18 Å². The van der Waals surface area contributed by atoms with E-state index in [4.69, 9.17) is 0 Å². The average molecular weight is 446 g/mol. The quantitative estimate of drug-likeness (QED) is 0.454. The van der Waals surface area contributed by atoms with Crippen molar-refractivity contribution < 1.29 is 13.2 Å². The van der Waals surface area contributed by atoms with E-state index in [-0.39, 0.29) is 5.52 Å². The zero-order valence-electron chi connectivity index (χ0n) is 11.5. The van der Waals surface area contributed by atoms with E-state index < -0.39 is 11.7 Å². The van der Waals surface area contributed by atoms with Crippen LogP contribution < -0.4 is 0 Å². The molecule has 118 valence electrons. The van der Waals surface area contributed by atoms with Gasteiger partial charge in [0.15, 0.2) is 5.82 Å². The summed E-state index contributed by atoms with van der Waals surface area (Å²) in [5.74, 6) is 0.396. The molecular formula is C16H9Br2F3N2. The van der Waals surface area contributed by atoms with Crippen LogP contribution in [0, 0.1) is 0 Å². The van der Waals surface area contributed by atoms with E-state index in [1.54, 1.807) is 0 Å². The Balaban J connectivity index is 2.24. The first-order valence-electron chi connectivity index (χ1n) is 6.58. The second-order valence-electron chi connectivity index (χ2n) is 4.87. The predicted molar refractivity (Wildman–Crippen MR) is 90.3 cm³/mol. The Labute approximate surface area is 147 Å². The SMILES string of the molecule is FC(F)(F)c1ccc2c(CBr)nc(-c3cccc(Br)c3)nc2c1. The molecule has 0 atom stereocenters. The first-order valence-corrected chi connectivity index (χ1v) is 8.50. The lowest BCUT2D eigenvalue weighted by Crippen LogP contribution is -2.05. The summed E-state index contributed by atoms with van der Waals surface area (Å²) in [6.45, 7) is 0. The van der Waals surface area contributed by atoms with E-state index in [0.29, 0.717) is 22.2 Å². The lowest BCUT2D eigenvalue weighted by Gasteiger charge is -2.10. The Bertz CT molecular complexity index is 879. The van der Waals surface area contributed by atoms with Gasteiger partial charge in [-0.3, -0.25) is 0 Å². The van der Waals surface area contributed by atoms with E-state index in [0.717, 1.165) is 22.2 Å². The minimum absolute atomic E-state index is 0.277. The Morgan fingerprint density at radius 2 is 1.78 bits per heavy atom. The van der Waals surface area contributed by atoms with Gasteiger partial charge in [0.2, 0.25) is 0 Å². The maximum Gasteiger partial charge on any atom is 0.416 e. The molecule has 0 aliphatic rings. The first kappa shape index (κ1) is 16.4. The fourth-order valence-electron chi connectivity index (χ4n) is 2.23. The van der Waals surface area contributed by atoms with Crippen LogP contribution in [-0.2, 0) is 11.5 Å². The van der Waals surface area contributed by atoms with Gasteiger partial charge in [-0.2, -0.15) is 13.2 Å². The third-order valence-electron chi connectivity index (χ3n) is 3.31. The third-order valence-corrected chi connectivity index (χ3v) is 4.34. The number of aromatic nitrogens is 2. The summed E-state index contributed by atoms with van der Waals surface area (Å²) in [5.41, 5.74) is 0.947. The molecule has 7 heteroatoms. The van der Waals surface area contributed by atoms with Gasteiger partial charge < -0.3 is 0 Å². The molecule has 0 N–H and O–H groups in total. The molecule has 2 aromatic carbocycles. The molecule has 1 heterocycles. The van der Waals surface area contributed by atoms with Crippen LogP contribution in [-0.4, -0.2) is 9.97 Å². The second-order valence-corrected chi connectivity index (χ2v) is 6.34. The van der Waals surface area contributed by atoms with Gasteiger partial charge in [-0.15, -0.1) is 0 Å². The van der Waals surface area contributed by atoms with Crippen molar-refractivity contribution in [1.29, 1.82) is 0 Å². The van der Waals surface area contributed by atoms with Crippen molar-refractivity contribution in [1.82, 2.24) is 9.97 Å². The molecule has 3 aromatic rings. The molecule has 0 saturated carbocycles. The minimum Gasteiger partial charge on any atom is -0.232 e. The average Bonchev–Trinajstić information content (AvgIpc) is 2.52. The van der Waals surface area contributed by atoms with Crippen molar-refractivity contribution in [3.63, 3.8) is 0 Å². The highest BCUT2D eigenvalue weighted by Crippen LogP contribution is 2.32. The lowest BCUT2D eigenvalue weighted by molar-refractivity contribution is -0.137. The van der Waals surface area contributed by atoms with E-state index in [9.17, 15) is 13.2 Å². The zero-order valence-corrected chi connectivity index (χ0v) is 14.7. The number of alkyl halides is 4. The Hall–Kier alpha value is -1.47. The molecule has 0 unspecified atom stereocenters. The highest BCUT2D eigenvalue weighted by molar-refractivity contribution is 9.10. The van der Waals surface area contributed by atoms with Gasteiger partial charge in [-0.05, 0) is 24.3 Å². The number of fused-ring (bicyclic) bond motifs is 1. The second kappa shape index (κ2) is 6.20. The molecule has 0 aliphatic carbocycles. The van der Waals surface area contributed by atoms with Gasteiger partial charge in [-0.1, -0.05) is 50.1 Å². The largest absolute Gasteiger partial charge is 0.416 e. The van der Waals surface area contributed by atoms with Gasteiger partial charge in [0.1, 0.15) is 0 Å². The summed E-state index contributed by atoms with van der Waals surface area (Å²) in [5, 5.41) is 1.03. The predicted octanol–water partition coefficient (Wildman–Crippen LogP) is 5.97. The van der Waals surface area contributed by atoms with Crippen LogP contribution in [0.5, 0.6) is 0 Å². The van der Waals surface area contributed by atoms with Crippen LogP contribution in [0.15, 0.2) is 46.9 Å². The summed E-state index contributed by atoms with van der Waals surface area (Å²) < 4.78 is 39.6. The Morgan fingerprint density at radius 3 is 2.43 bits per heavy atom. The number of hydrogen-bond acceptors (Lipinski definition) is 2. The summed E-state index contributed by atoms with van der Waals surface area (Å²) in [4.78, 5) is 8.78. The molecule has 0 radical (unpaired) electrons. The van der Waals surface area contributed by atoms with E-state index in [2.05, 4.69) is 41.8 Å². The molecule has 0 spiro atoms. The fourth-order valence-corrected chi connectivity index (χ4v) is 3.06. The molecule has 1 aromatic heterocycles. The normalized spacial score (nSPS) is 11.9. The maximum absolute atomic E-state index is 12.9. The molecule has 0 saturated heterocycles. The summed E-state index contributed by atoms with van der Waals surface area (Å²) >= 11 is 6.70. The van der Waals surface area contributed by atoms with E-state index in [1.807, 2.05) is 24.3 Å². The van der Waals surface area contributed by atoms with Crippen LogP contribution in [0.3, 0.4) is 0 Å². The van der Waals surface area contributed by atoms with Gasteiger partial charge in [-0.25, -0.2) is 9.97 Å². The molecule has 23 heavy (non-hydrogen) atoms. The molecule has 0 aliphatic heterocycles. The molecule has 3 rings (SSSR count). The standard InChI is InChI=1S/C16H9Br2F3N2/c17-8-14-12-5-4-10(16(19,20)21)7-13(12)22-15(23-14)9-2-1-3-11(18)6-9/h1-7H,8H2. The third kappa shape index (κ3) is 3.40. The molecule has 2 nitrogen and oxygen atoms in total. The molecular weight excluding hydrogens is 437 g/mol. The Kier molecular flexibility index (Phi) is 4.42. The van der Waals surface area contributed by atoms with Gasteiger partial charge in [0.25, 0.3) is 0 Å². The molecule has 0 amide bonds. The Morgan fingerprint density at radius 1 is 1.00 bits per heavy atom. The number of halogens is 5. The van der Waals surface area contributed by atoms with Crippen molar-refractivity contribution in [3.05, 3.63) is 58.2 Å². The van der Waals surface area contributed by atoms with Gasteiger partial charge in [0.05, 0.1) is 16.8 Å². The molecule has 0 fully saturated rings. The smallest absolute Gasteiger partial charge is 0.232 e. The van der Waals surface area contributed by atoms with Crippen molar-refractivity contribution in [2.75, 3.05) is 0 Å². The van der Waals surface area contributed by atoms with E-state index >= 15 is 0 Å². The number of benzene rings is 2. The van der Waals surface area contributed by atoms with Gasteiger partial charge in [0, 0.05) is 20.8 Å². The van der Waals surface area contributed by atoms with Crippen LogP contribution in [0.25, 0.3) is 22.3 Å². The highest BCUT2D eigenvalue weighted by Gasteiger charge is 2.30. The minimum atomic E-state index is -4.40. The van der Waals surface area contributed by atoms with Crippen LogP contribution in [0.2, 0.25) is 0 Å². The summed E-state index contributed by atoms with van der Waals surface area (Å²) in [6.07, 6.45) is -4.40. The van der Waals surface area contributed by atoms with Crippen molar-refractivity contribution in [2.24, 2.45) is 0 Å². The number of rotatable bonds is 2. The lowest BCUT2D eigenvalue weighted by atomic mass is 10.1. The molecule has 0 bridgehead atoms. The monoisotopic (exact) mass is 444 g/mol. The van der Waals surface area contributed by atoms with Crippen molar-refractivity contribution >= 4 is 42.8 Å². The highest BCUT2D eigenvalue weighted by atomic mass is 79.9. The number of nitrogens with zero attached hydrogens (tertiary/aromatic N) is 2. The van der Waals surface area contributed by atoms with Crippen LogP contribution in [0.1, 0.15) is 11.3 Å². The maximum atomic E-state index is 12.9. The summed E-state index contributed by atoms with van der Waals surface area (Å²) in [6, 6.07) is 10.9. The van der Waals surface area contributed by atoms with E-state index in [1.165, 1.54) is 6.07 Å². The first-order chi connectivity index (χ1) is 10.9. The van der Waals surface area contributed by atoms with Crippen molar-refractivity contribution in [2.45, 2.75) is 11.5 Å². The van der Waals surface area contributed by atoms with Crippen LogP contribution in [0.4, 0.5) is 13.2 Å². The zero-order chi connectivity index (χ0) is 16.6. The van der Waals surface area contributed by atoms with Crippen molar-refractivity contribution in [3.8, 4) is 11.4 Å². The summed E-state index contributed by atoms with van der Waals surface area (Å²) in [7, 11) is 0. The number of hydrogen-bond donors (Lipinski definition) is 0. The van der Waals surface area contributed by atoms with Crippen LogP contribution >= 0.6 is 31.9 Å². The topological polar surface area (TPSA) is 25.8 Å². The fraction of sp³-hybridized carbons (Fsp3) is 0.125.